The number of hydrogen-bond donors (Lipinski definition) is 2. The maximum Gasteiger partial charge on any atom is 0.274 e. The number of primary amides is 1. The average Bonchev–Trinajstić information content (AvgIpc) is 2.63. The minimum absolute atomic E-state index is 0.135. The van der Waals surface area contributed by atoms with Crippen molar-refractivity contribution in [2.24, 2.45) is 5.73 Å². The minimum atomic E-state index is -0.529. The van der Waals surface area contributed by atoms with Crippen molar-refractivity contribution in [1.82, 2.24) is 14.9 Å². The number of nitrogens with one attached hydrogen (secondary N) is 1. The van der Waals surface area contributed by atoms with Crippen molar-refractivity contribution in [1.29, 1.82) is 0 Å². The Hall–Kier alpha value is -3.29. The first kappa shape index (κ1) is 19.0. The predicted octanol–water partition coefficient (Wildman–Crippen LogP) is 1.37. The van der Waals surface area contributed by atoms with Crippen molar-refractivity contribution in [3.63, 3.8) is 0 Å². The van der Waals surface area contributed by atoms with Gasteiger partial charge in [-0.15, -0.1) is 0 Å². The topological polar surface area (TPSA) is 118 Å². The third-order valence-corrected chi connectivity index (χ3v) is 3.73. The lowest BCUT2D eigenvalue weighted by Gasteiger charge is -2.20. The second-order valence-corrected chi connectivity index (χ2v) is 5.67. The van der Waals surface area contributed by atoms with Crippen LogP contribution in [0.3, 0.4) is 0 Å². The van der Waals surface area contributed by atoms with E-state index in [1.54, 1.807) is 19.1 Å². The molecule has 1 heterocycles. The summed E-state index contributed by atoms with van der Waals surface area (Å²) in [5.41, 5.74) is 7.07. The highest BCUT2D eigenvalue weighted by Crippen LogP contribution is 2.10. The zero-order valence-electron chi connectivity index (χ0n) is 14.7. The monoisotopic (exact) mass is 355 g/mol. The summed E-state index contributed by atoms with van der Waals surface area (Å²) in [7, 11) is 0. The highest BCUT2D eigenvalue weighted by atomic mass is 16.2. The van der Waals surface area contributed by atoms with Crippen molar-refractivity contribution in [2.45, 2.75) is 20.3 Å². The van der Waals surface area contributed by atoms with Crippen LogP contribution in [-0.2, 0) is 4.79 Å². The van der Waals surface area contributed by atoms with Crippen molar-refractivity contribution in [3.8, 4) is 0 Å². The van der Waals surface area contributed by atoms with Gasteiger partial charge in [0.05, 0.1) is 11.9 Å². The first-order valence-corrected chi connectivity index (χ1v) is 8.18. The van der Waals surface area contributed by atoms with E-state index in [2.05, 4.69) is 15.3 Å². The second kappa shape index (κ2) is 8.70. The molecule has 0 aliphatic heterocycles. The molecule has 0 bridgehead atoms. The van der Waals surface area contributed by atoms with Gasteiger partial charge in [0, 0.05) is 37.0 Å². The molecule has 0 fully saturated rings. The number of hydrogen-bond acceptors (Lipinski definition) is 5. The van der Waals surface area contributed by atoms with Crippen LogP contribution in [0.25, 0.3) is 0 Å². The standard InChI is InChI=1S/C18H21N5O3/c1-3-23(18(26)15-11-20-12(2)10-21-15)9-8-16(24)22-14-6-4-13(5-7-14)17(19)25/h4-7,10-11H,3,8-9H2,1-2H3,(H2,19,25)(H,22,24). The number of rotatable bonds is 7. The summed E-state index contributed by atoms with van der Waals surface area (Å²) in [5, 5.41) is 2.72. The normalized spacial score (nSPS) is 10.2. The third kappa shape index (κ3) is 5.10. The first-order chi connectivity index (χ1) is 12.4. The van der Waals surface area contributed by atoms with Crippen LogP contribution in [0.1, 0.15) is 39.9 Å². The molecule has 0 saturated carbocycles. The van der Waals surface area contributed by atoms with E-state index in [9.17, 15) is 14.4 Å². The van der Waals surface area contributed by atoms with Crippen LogP contribution in [0.5, 0.6) is 0 Å². The van der Waals surface area contributed by atoms with E-state index in [1.165, 1.54) is 29.4 Å². The van der Waals surface area contributed by atoms with E-state index in [-0.39, 0.29) is 30.5 Å². The zero-order valence-corrected chi connectivity index (χ0v) is 14.7. The summed E-state index contributed by atoms with van der Waals surface area (Å²) in [4.78, 5) is 45.2. The molecule has 0 radical (unpaired) electrons. The number of nitrogens with zero attached hydrogens (tertiary/aromatic N) is 3. The smallest absolute Gasteiger partial charge is 0.274 e. The lowest BCUT2D eigenvalue weighted by atomic mass is 10.2. The highest BCUT2D eigenvalue weighted by molar-refractivity contribution is 5.95. The molecule has 8 heteroatoms. The summed E-state index contributed by atoms with van der Waals surface area (Å²) in [6.45, 7) is 4.34. The van der Waals surface area contributed by atoms with Gasteiger partial charge in [0.25, 0.3) is 5.91 Å². The molecule has 0 atom stereocenters. The molecular weight excluding hydrogens is 334 g/mol. The lowest BCUT2D eigenvalue weighted by molar-refractivity contribution is -0.116. The quantitative estimate of drug-likeness (QED) is 0.778. The average molecular weight is 355 g/mol. The zero-order chi connectivity index (χ0) is 19.1. The van der Waals surface area contributed by atoms with Gasteiger partial charge in [-0.25, -0.2) is 4.98 Å². The number of carbonyl (C=O) groups excluding carboxylic acids is 3. The van der Waals surface area contributed by atoms with E-state index < -0.39 is 5.91 Å². The maximum absolute atomic E-state index is 12.4. The Morgan fingerprint density at radius 2 is 1.81 bits per heavy atom. The number of nitrogens with two attached hydrogens (primary N) is 1. The van der Waals surface area contributed by atoms with Crippen molar-refractivity contribution in [2.75, 3.05) is 18.4 Å². The van der Waals surface area contributed by atoms with Crippen molar-refractivity contribution < 1.29 is 14.4 Å². The molecule has 3 N–H and O–H groups in total. The van der Waals surface area contributed by atoms with Gasteiger partial charge in [-0.2, -0.15) is 0 Å². The fraction of sp³-hybridized carbons (Fsp3) is 0.278. The van der Waals surface area contributed by atoms with Gasteiger partial charge in [-0.1, -0.05) is 0 Å². The second-order valence-electron chi connectivity index (χ2n) is 5.67. The van der Waals surface area contributed by atoms with Crippen LogP contribution >= 0.6 is 0 Å². The molecule has 0 aliphatic carbocycles. The van der Waals surface area contributed by atoms with Gasteiger partial charge < -0.3 is 16.0 Å². The summed E-state index contributed by atoms with van der Waals surface area (Å²) < 4.78 is 0. The Bertz CT molecular complexity index is 787. The molecule has 2 rings (SSSR count). The Labute approximate surface area is 151 Å². The fourth-order valence-corrected chi connectivity index (χ4v) is 2.25. The predicted molar refractivity (Wildman–Crippen MR) is 96.6 cm³/mol. The third-order valence-electron chi connectivity index (χ3n) is 3.73. The molecule has 0 unspecified atom stereocenters. The van der Waals surface area contributed by atoms with Gasteiger partial charge in [-0.3, -0.25) is 19.4 Å². The molecule has 2 aromatic rings. The summed E-state index contributed by atoms with van der Waals surface area (Å²) in [5.74, 6) is -1.03. The van der Waals surface area contributed by atoms with E-state index in [0.717, 1.165) is 5.69 Å². The van der Waals surface area contributed by atoms with Crippen LogP contribution < -0.4 is 11.1 Å². The molecule has 136 valence electrons. The Balaban J connectivity index is 1.90. The number of carbonyl (C=O) groups is 3. The van der Waals surface area contributed by atoms with Gasteiger partial charge in [0.2, 0.25) is 11.8 Å². The van der Waals surface area contributed by atoms with E-state index in [4.69, 9.17) is 5.73 Å². The van der Waals surface area contributed by atoms with Crippen LogP contribution in [0.15, 0.2) is 36.7 Å². The molecule has 3 amide bonds. The molecule has 26 heavy (non-hydrogen) atoms. The van der Waals surface area contributed by atoms with Gasteiger partial charge >= 0.3 is 0 Å². The number of aryl methyl sites for hydroxylation is 1. The maximum atomic E-state index is 12.4. The Morgan fingerprint density at radius 1 is 1.12 bits per heavy atom. The molecule has 0 spiro atoms. The SMILES string of the molecule is CCN(CCC(=O)Nc1ccc(C(N)=O)cc1)C(=O)c1cnc(C)cn1. The van der Waals surface area contributed by atoms with Crippen molar-refractivity contribution >= 4 is 23.4 Å². The minimum Gasteiger partial charge on any atom is -0.366 e. The van der Waals surface area contributed by atoms with Gasteiger partial charge in [0.15, 0.2) is 0 Å². The number of anilines is 1. The first-order valence-electron chi connectivity index (χ1n) is 8.18. The molecule has 1 aromatic heterocycles. The van der Waals surface area contributed by atoms with E-state index in [0.29, 0.717) is 17.8 Å². The van der Waals surface area contributed by atoms with E-state index in [1.807, 2.05) is 6.92 Å². The summed E-state index contributed by atoms with van der Waals surface area (Å²) in [6.07, 6.45) is 3.10. The molecule has 8 nitrogen and oxygen atoms in total. The Kier molecular flexibility index (Phi) is 6.37. The fourth-order valence-electron chi connectivity index (χ4n) is 2.25. The largest absolute Gasteiger partial charge is 0.366 e. The molecule has 0 saturated heterocycles. The summed E-state index contributed by atoms with van der Waals surface area (Å²) in [6, 6.07) is 6.27. The van der Waals surface area contributed by atoms with Crippen LogP contribution in [0, 0.1) is 6.92 Å². The Morgan fingerprint density at radius 3 is 2.35 bits per heavy atom. The number of amides is 3. The molecular formula is C18H21N5O3. The van der Waals surface area contributed by atoms with Crippen LogP contribution in [0.2, 0.25) is 0 Å². The van der Waals surface area contributed by atoms with Crippen molar-refractivity contribution in [3.05, 3.63) is 53.6 Å². The number of benzene rings is 1. The molecule has 1 aromatic carbocycles. The summed E-state index contributed by atoms with van der Waals surface area (Å²) >= 11 is 0. The van der Waals surface area contributed by atoms with Crippen LogP contribution in [0.4, 0.5) is 5.69 Å². The van der Waals surface area contributed by atoms with Gasteiger partial charge in [0.1, 0.15) is 5.69 Å². The molecule has 0 aliphatic rings. The lowest BCUT2D eigenvalue weighted by Crippen LogP contribution is -2.34. The van der Waals surface area contributed by atoms with E-state index >= 15 is 0 Å². The highest BCUT2D eigenvalue weighted by Gasteiger charge is 2.17. The van der Waals surface area contributed by atoms with Gasteiger partial charge in [-0.05, 0) is 38.1 Å². The van der Waals surface area contributed by atoms with Crippen LogP contribution in [-0.4, -0.2) is 45.7 Å². The number of aromatic nitrogens is 2.